The fraction of sp³-hybridized carbons (Fsp3) is 0.271. The van der Waals surface area contributed by atoms with E-state index in [-0.39, 0.29) is 108 Å². The molecule has 313 valence electrons. The van der Waals surface area contributed by atoms with Crippen molar-refractivity contribution >= 4 is 49.8 Å². The van der Waals surface area contributed by atoms with Gasteiger partial charge in [0.2, 0.25) is 30.1 Å². The molecule has 1 aliphatic carbocycles. The van der Waals surface area contributed by atoms with Crippen LogP contribution in [0.3, 0.4) is 0 Å². The average molecular weight is 842 g/mol. The molecular formula is C48H43NO13+5. The molecule has 7 aliphatic rings. The van der Waals surface area contributed by atoms with Crippen LogP contribution in [-0.2, 0) is 55.4 Å². The lowest BCUT2D eigenvalue weighted by Gasteiger charge is -2.40. The number of nitrogens with zero attached hydrogens (tertiary/aromatic N) is 1. The Bertz CT molecular complexity index is 2550. The monoisotopic (exact) mass is 841 g/mol. The number of allylic oxidation sites excluding steroid dienone is 1. The second-order valence-corrected chi connectivity index (χ2v) is 15.0. The van der Waals surface area contributed by atoms with Gasteiger partial charge in [-0.25, -0.2) is 13.8 Å². The molecule has 0 aromatic heterocycles. The van der Waals surface area contributed by atoms with Crippen LogP contribution in [0.25, 0.3) is 0 Å². The highest BCUT2D eigenvalue weighted by atomic mass is 16.7. The Labute approximate surface area is 358 Å². The zero-order chi connectivity index (χ0) is 44.7. The van der Waals surface area contributed by atoms with E-state index in [0.717, 1.165) is 0 Å². The number of hydrogen-bond acceptors (Lipinski definition) is 9. The van der Waals surface area contributed by atoms with E-state index in [1.165, 1.54) is 12.5 Å². The molecule has 7 rings (SSSR count). The normalized spacial score (nSPS) is 31.5. The number of ether oxygens (including phenoxy) is 5. The lowest BCUT2D eigenvalue weighted by Crippen LogP contribution is -2.57. The van der Waals surface area contributed by atoms with Crippen LogP contribution < -0.4 is 0 Å². The highest BCUT2D eigenvalue weighted by Crippen LogP contribution is 2.46. The minimum atomic E-state index is -2.16. The van der Waals surface area contributed by atoms with Crippen molar-refractivity contribution in [2.24, 2.45) is 10.9 Å². The summed E-state index contributed by atoms with van der Waals surface area (Å²) in [5.41, 5.74) is -0.181. The second kappa shape index (κ2) is 16.8. The summed E-state index contributed by atoms with van der Waals surface area (Å²) in [6.45, 7) is 40.1. The number of hydrogen-bond donors (Lipinski definition) is 1. The highest BCUT2D eigenvalue weighted by molar-refractivity contribution is 6.05. The first-order valence-electron chi connectivity index (χ1n) is 19.1. The van der Waals surface area contributed by atoms with Crippen LogP contribution >= 0.6 is 0 Å². The van der Waals surface area contributed by atoms with E-state index >= 15 is 0 Å². The number of aliphatic hydroxyl groups is 1. The molecule has 1 radical (unpaired) electrons. The molecule has 6 heterocycles. The van der Waals surface area contributed by atoms with E-state index in [4.69, 9.17) is 45.8 Å². The predicted molar refractivity (Wildman–Crippen MR) is 224 cm³/mol. The van der Waals surface area contributed by atoms with Gasteiger partial charge in [0.25, 0.3) is 25.4 Å². The number of rotatable bonds is 6. The minimum absolute atomic E-state index is 0.00974. The number of carbonyl (C=O) groups is 2. The van der Waals surface area contributed by atoms with E-state index in [1.54, 1.807) is 13.3 Å². The smallest absolute Gasteiger partial charge is 0.381 e. The third-order valence-corrected chi connectivity index (χ3v) is 10.7. The van der Waals surface area contributed by atoms with Gasteiger partial charge in [-0.15, -0.1) is 0 Å². The van der Waals surface area contributed by atoms with Crippen LogP contribution in [0.4, 0.5) is 0 Å². The quantitative estimate of drug-likeness (QED) is 0.0792. The largest absolute Gasteiger partial charge is 0.586 e. The Morgan fingerprint density at radius 3 is 2.47 bits per heavy atom. The van der Waals surface area contributed by atoms with Crippen LogP contribution in [-0.4, -0.2) is 91.2 Å². The Balaban J connectivity index is 1.27. The van der Waals surface area contributed by atoms with E-state index < -0.39 is 47.4 Å². The summed E-state index contributed by atoms with van der Waals surface area (Å²) in [5, 5.41) is 12.3. The van der Waals surface area contributed by atoms with Gasteiger partial charge in [-0.05, 0) is 61.9 Å². The number of ketones is 2. The Hall–Kier alpha value is -6.94. The fourth-order valence-electron chi connectivity index (χ4n) is 7.63. The van der Waals surface area contributed by atoms with Crippen LogP contribution in [0.1, 0.15) is 39.0 Å². The molecule has 1 saturated carbocycles. The van der Waals surface area contributed by atoms with Gasteiger partial charge >= 0.3 is 40.9 Å². The molecule has 2 saturated heterocycles. The summed E-state index contributed by atoms with van der Waals surface area (Å²) in [4.78, 5) is 31.2. The number of Topliss-reactive ketones (excluding diaryl/α,β-unsaturated/α-hetero) is 1. The van der Waals surface area contributed by atoms with Crippen LogP contribution in [0.5, 0.6) is 0 Å². The highest BCUT2D eigenvalue weighted by Gasteiger charge is 2.65. The maximum absolute atomic E-state index is 14.1. The molecule has 6 atom stereocenters. The summed E-state index contributed by atoms with van der Waals surface area (Å²) < 4.78 is 59.4. The van der Waals surface area contributed by atoms with E-state index in [1.807, 2.05) is 0 Å². The van der Waals surface area contributed by atoms with Crippen molar-refractivity contribution in [3.63, 3.8) is 0 Å². The van der Waals surface area contributed by atoms with Crippen molar-refractivity contribution in [3.05, 3.63) is 139 Å². The van der Waals surface area contributed by atoms with E-state index in [2.05, 4.69) is 95.0 Å². The summed E-state index contributed by atoms with van der Waals surface area (Å²) in [7, 11) is 0. The van der Waals surface area contributed by atoms with Crippen LogP contribution in [0.15, 0.2) is 125 Å². The third-order valence-electron chi connectivity index (χ3n) is 10.7. The number of aliphatic imine (C=N–C) groups is 1. The number of fused-ring (bicyclic) bond motifs is 2. The summed E-state index contributed by atoms with van der Waals surface area (Å²) in [6.07, 6.45) is 1.70. The fourth-order valence-corrected chi connectivity index (χ4v) is 7.63. The molecule has 14 heteroatoms. The summed E-state index contributed by atoms with van der Waals surface area (Å²) >= 11 is 0. The first-order chi connectivity index (χ1) is 29.5. The SMILES string of the molecule is C=NC1=C([O+]=C)CC(=[O+]C2=C([O+]=C)CC(=[O+][C-]3C(=C)C#CC=C4CO[C@@H]5C(=O)C(=C)[CH][C@@H](C(=O)[O+]=C6C[C@@H](C[CH+]C3=C)O[C@@]3(C#CC(=C)[C@@H](C(=C)C)O3)C6)[C@]45O)OC2=C)OC1=C. The third kappa shape index (κ3) is 8.00. The molecule has 0 aromatic rings. The second-order valence-electron chi connectivity index (χ2n) is 15.0. The van der Waals surface area contributed by atoms with Crippen LogP contribution in [0.2, 0.25) is 0 Å². The molecule has 14 nitrogen and oxygen atoms in total. The van der Waals surface area contributed by atoms with Gasteiger partial charge in [-0.1, -0.05) is 57.1 Å². The van der Waals surface area contributed by atoms with Crippen molar-refractivity contribution in [1.82, 2.24) is 0 Å². The van der Waals surface area contributed by atoms with Gasteiger partial charge in [-0.3, -0.25) is 27.5 Å². The zero-order valence-electron chi connectivity index (χ0n) is 34.1. The zero-order valence-corrected chi connectivity index (χ0v) is 34.1. The van der Waals surface area contributed by atoms with Crippen molar-refractivity contribution in [1.29, 1.82) is 0 Å². The lowest BCUT2D eigenvalue weighted by molar-refractivity contribution is -0.464. The standard InChI is InChI=1S/C48H43NO13/c1-25(2)42-28(5)17-18-47(62-42)23-34-20-33(61-47)16-15-27(4)43(26(3)13-12-14-32-24-55-45-41(50)29(6)19-35(46(51)58-34)48(32,45)52)59-39-22-37(54-11)44(31(8)57-39)60-38-21-36(53-10)40(49-9)30(7)56-38/h14-15,19,33,35,42,45,52H,1,3-11,16,20-24H2,2H3/q+5/t33-,35+,42-,45-,47-,48-/m1/s1. The van der Waals surface area contributed by atoms with E-state index in [0.29, 0.717) is 22.5 Å². The molecule has 0 unspecified atom stereocenters. The maximum atomic E-state index is 14.1. The Kier molecular flexibility index (Phi) is 11.7. The molecule has 1 spiro atoms. The van der Waals surface area contributed by atoms with E-state index in [9.17, 15) is 14.7 Å². The van der Waals surface area contributed by atoms with Gasteiger partial charge in [0, 0.05) is 22.4 Å². The predicted octanol–water partition coefficient (Wildman–Crippen LogP) is 4.14. The average Bonchev–Trinajstić information content (AvgIpc) is 3.57. The molecule has 0 aromatic carbocycles. The van der Waals surface area contributed by atoms with Crippen molar-refractivity contribution < 1.29 is 60.5 Å². The summed E-state index contributed by atoms with van der Waals surface area (Å²) in [6, 6.07) is 0. The Morgan fingerprint density at radius 2 is 1.76 bits per heavy atom. The maximum Gasteiger partial charge on any atom is 0.586 e. The lowest BCUT2D eigenvalue weighted by atomic mass is 9.68. The van der Waals surface area contributed by atoms with Gasteiger partial charge < -0.3 is 19.3 Å². The molecule has 0 amide bonds. The first-order valence-corrected chi connectivity index (χ1v) is 19.1. The van der Waals surface area contributed by atoms with Crippen LogP contribution in [0, 0.1) is 48.5 Å². The first kappa shape index (κ1) is 43.2. The van der Waals surface area contributed by atoms with Crippen molar-refractivity contribution in [2.75, 3.05) is 6.61 Å². The van der Waals surface area contributed by atoms with Gasteiger partial charge in [0.15, 0.2) is 17.8 Å². The van der Waals surface area contributed by atoms with Gasteiger partial charge in [-0.2, -0.15) is 0 Å². The molecular weight excluding hydrogens is 799 g/mol. The number of esters is 2. The number of cyclic esters (lactones) is 2. The van der Waals surface area contributed by atoms with Gasteiger partial charge in [0.05, 0.1) is 31.1 Å². The number of carbonyl (C=O) groups excluding carboxylic acids is 7. The summed E-state index contributed by atoms with van der Waals surface area (Å²) in [5.74, 6) is 8.24. The van der Waals surface area contributed by atoms with Crippen molar-refractivity contribution in [3.8, 4) is 23.7 Å². The van der Waals surface area contributed by atoms with Gasteiger partial charge in [0.1, 0.15) is 11.7 Å². The minimum Gasteiger partial charge on any atom is -0.381 e. The molecule has 2 bridgehead atoms. The topological polar surface area (TPSA) is 169 Å². The molecule has 3 fully saturated rings. The molecule has 1 N–H and O–H groups in total. The molecule has 62 heavy (non-hydrogen) atoms. The Morgan fingerprint density at radius 1 is 1.03 bits per heavy atom. The van der Waals surface area contributed by atoms with Crippen molar-refractivity contribution in [2.45, 2.75) is 68.7 Å². The molecule has 6 aliphatic heterocycles.